The van der Waals surface area contributed by atoms with Gasteiger partial charge in [-0.2, -0.15) is 0 Å². The van der Waals surface area contributed by atoms with Crippen LogP contribution in [-0.2, 0) is 6.42 Å². The van der Waals surface area contributed by atoms with Gasteiger partial charge in [0, 0.05) is 11.8 Å². The van der Waals surface area contributed by atoms with Crippen molar-refractivity contribution in [2.75, 3.05) is 0 Å². The maximum atomic E-state index is 4.75. The summed E-state index contributed by atoms with van der Waals surface area (Å²) in [6.45, 7) is 4.57. The molecule has 176 valence electrons. The molecule has 0 atom stereocenters. The van der Waals surface area contributed by atoms with Crippen LogP contribution in [0.2, 0.25) is 0 Å². The lowest BCUT2D eigenvalue weighted by atomic mass is 9.77. The van der Waals surface area contributed by atoms with Crippen LogP contribution in [0.25, 0.3) is 11.3 Å². The molecule has 0 radical (unpaired) electrons. The molecule has 1 aliphatic rings. The predicted octanol–water partition coefficient (Wildman–Crippen LogP) is 9.90. The average Bonchev–Trinajstić information content (AvgIpc) is 2.85. The monoisotopic (exact) mass is 433 g/mol. The highest BCUT2D eigenvalue weighted by molar-refractivity contribution is 5.59. The third kappa shape index (κ3) is 8.38. The first kappa shape index (κ1) is 25.0. The summed E-state index contributed by atoms with van der Waals surface area (Å²) in [7, 11) is 0. The molecule has 1 aromatic heterocycles. The number of nitrogens with zero attached hydrogens (tertiary/aromatic N) is 1. The van der Waals surface area contributed by atoms with Crippen molar-refractivity contribution in [1.82, 2.24) is 4.98 Å². The van der Waals surface area contributed by atoms with Crippen molar-refractivity contribution in [3.63, 3.8) is 0 Å². The Morgan fingerprint density at radius 3 is 2.00 bits per heavy atom. The summed E-state index contributed by atoms with van der Waals surface area (Å²) >= 11 is 0. The predicted molar refractivity (Wildman–Crippen MR) is 140 cm³/mol. The van der Waals surface area contributed by atoms with Crippen LogP contribution in [0.15, 0.2) is 42.6 Å². The number of aryl methyl sites for hydroxylation is 1. The Morgan fingerprint density at radius 2 is 1.34 bits per heavy atom. The van der Waals surface area contributed by atoms with Crippen molar-refractivity contribution in [2.45, 2.75) is 122 Å². The molecule has 1 saturated carbocycles. The van der Waals surface area contributed by atoms with E-state index >= 15 is 0 Å². The summed E-state index contributed by atoms with van der Waals surface area (Å²) < 4.78 is 0. The molecule has 1 nitrogen and oxygen atoms in total. The highest BCUT2D eigenvalue weighted by atomic mass is 14.7. The van der Waals surface area contributed by atoms with E-state index in [1.54, 1.807) is 5.56 Å². The fourth-order valence-electron chi connectivity index (χ4n) is 5.42. The molecule has 0 saturated heterocycles. The van der Waals surface area contributed by atoms with Crippen LogP contribution in [0, 0.1) is 5.92 Å². The van der Waals surface area contributed by atoms with Crippen LogP contribution in [-0.4, -0.2) is 4.98 Å². The highest BCUT2D eigenvalue weighted by Crippen LogP contribution is 2.38. The molecule has 0 spiro atoms. The van der Waals surface area contributed by atoms with Gasteiger partial charge < -0.3 is 0 Å². The summed E-state index contributed by atoms with van der Waals surface area (Å²) in [6.07, 6.45) is 24.2. The highest BCUT2D eigenvalue weighted by Gasteiger charge is 2.22. The Hall–Kier alpha value is -1.63. The number of aromatic nitrogens is 1. The minimum atomic E-state index is 0.767. The molecule has 3 rings (SSSR count). The molecule has 0 N–H and O–H groups in total. The number of pyridine rings is 1. The first-order valence-electron chi connectivity index (χ1n) is 13.9. The van der Waals surface area contributed by atoms with E-state index in [1.807, 2.05) is 0 Å². The zero-order chi connectivity index (χ0) is 22.4. The molecule has 2 aromatic rings. The summed E-state index contributed by atoms with van der Waals surface area (Å²) in [5.74, 6) is 1.75. The van der Waals surface area contributed by atoms with Crippen molar-refractivity contribution < 1.29 is 0 Å². The van der Waals surface area contributed by atoms with Crippen molar-refractivity contribution in [2.24, 2.45) is 5.92 Å². The number of hydrogen-bond acceptors (Lipinski definition) is 1. The van der Waals surface area contributed by atoms with E-state index in [0.29, 0.717) is 0 Å². The Morgan fingerprint density at radius 1 is 0.688 bits per heavy atom. The van der Waals surface area contributed by atoms with E-state index in [2.05, 4.69) is 56.4 Å². The van der Waals surface area contributed by atoms with Gasteiger partial charge in [0.05, 0.1) is 5.69 Å². The van der Waals surface area contributed by atoms with Gasteiger partial charge in [-0.15, -0.1) is 0 Å². The maximum Gasteiger partial charge on any atom is 0.0702 e. The van der Waals surface area contributed by atoms with Gasteiger partial charge in [-0.25, -0.2) is 0 Å². The number of unbranched alkanes of at least 4 members (excludes halogenated alkanes) is 8. The van der Waals surface area contributed by atoms with Gasteiger partial charge in [-0.3, -0.25) is 4.98 Å². The molecule has 1 heterocycles. The minimum absolute atomic E-state index is 0.767. The van der Waals surface area contributed by atoms with Crippen LogP contribution < -0.4 is 0 Å². The molecule has 0 aliphatic heterocycles. The van der Waals surface area contributed by atoms with Crippen LogP contribution in [0.5, 0.6) is 0 Å². The van der Waals surface area contributed by atoms with Crippen molar-refractivity contribution in [3.05, 3.63) is 53.7 Å². The van der Waals surface area contributed by atoms with Gasteiger partial charge in [-0.05, 0) is 67.6 Å². The molecule has 1 fully saturated rings. The van der Waals surface area contributed by atoms with Crippen LogP contribution in [0.1, 0.15) is 127 Å². The van der Waals surface area contributed by atoms with Crippen molar-refractivity contribution >= 4 is 0 Å². The standard InChI is InChI=1S/C31H47N/c1-3-5-7-9-10-12-13-26-15-18-28(19-16-26)29-20-22-30(23-21-29)31-24-17-27(25-32-31)14-11-8-6-4-2/h17,20-26,28H,3-16,18-19H2,1-2H3. The summed E-state index contributed by atoms with van der Waals surface area (Å²) in [4.78, 5) is 4.75. The van der Waals surface area contributed by atoms with Gasteiger partial charge in [0.25, 0.3) is 0 Å². The molecule has 32 heavy (non-hydrogen) atoms. The molecule has 1 aliphatic carbocycles. The van der Waals surface area contributed by atoms with Crippen LogP contribution >= 0.6 is 0 Å². The number of rotatable bonds is 14. The largest absolute Gasteiger partial charge is 0.256 e. The molecule has 0 bridgehead atoms. The van der Waals surface area contributed by atoms with Gasteiger partial charge >= 0.3 is 0 Å². The number of hydrogen-bond donors (Lipinski definition) is 0. The Labute approximate surface area is 198 Å². The topological polar surface area (TPSA) is 12.9 Å². The van der Waals surface area contributed by atoms with Gasteiger partial charge in [0.1, 0.15) is 0 Å². The lowest BCUT2D eigenvalue weighted by Crippen LogP contribution is -2.13. The normalized spacial score (nSPS) is 18.7. The van der Waals surface area contributed by atoms with E-state index in [9.17, 15) is 0 Å². The smallest absolute Gasteiger partial charge is 0.0702 e. The average molecular weight is 434 g/mol. The second-order valence-corrected chi connectivity index (χ2v) is 10.3. The summed E-state index contributed by atoms with van der Waals surface area (Å²) in [5, 5.41) is 0. The van der Waals surface area contributed by atoms with E-state index < -0.39 is 0 Å². The molecular formula is C31H47N. The van der Waals surface area contributed by atoms with Crippen LogP contribution in [0.4, 0.5) is 0 Å². The molecule has 1 heteroatoms. The first-order valence-corrected chi connectivity index (χ1v) is 13.9. The molecule has 1 aromatic carbocycles. The fourth-order valence-corrected chi connectivity index (χ4v) is 5.42. The SMILES string of the molecule is CCCCCCCCC1CCC(c2ccc(-c3ccc(CCCCCC)cn3)cc2)CC1. The van der Waals surface area contributed by atoms with E-state index in [-0.39, 0.29) is 0 Å². The van der Waals surface area contributed by atoms with E-state index in [0.717, 1.165) is 24.0 Å². The summed E-state index contributed by atoms with van der Waals surface area (Å²) in [5.41, 5.74) is 5.28. The second kappa shape index (κ2) is 14.5. The zero-order valence-electron chi connectivity index (χ0n) is 21.0. The maximum absolute atomic E-state index is 4.75. The number of benzene rings is 1. The lowest BCUT2D eigenvalue weighted by molar-refractivity contribution is 0.302. The van der Waals surface area contributed by atoms with Crippen LogP contribution in [0.3, 0.4) is 0 Å². The zero-order valence-corrected chi connectivity index (χ0v) is 21.0. The summed E-state index contributed by atoms with van der Waals surface area (Å²) in [6, 6.07) is 13.8. The fraction of sp³-hybridized carbons (Fsp3) is 0.645. The third-order valence-corrected chi connectivity index (χ3v) is 7.63. The first-order chi connectivity index (χ1) is 15.8. The van der Waals surface area contributed by atoms with Crippen molar-refractivity contribution in [3.8, 4) is 11.3 Å². The molecule has 0 unspecified atom stereocenters. The molecular weight excluding hydrogens is 386 g/mol. The Kier molecular flexibility index (Phi) is 11.3. The molecule has 0 amide bonds. The van der Waals surface area contributed by atoms with Crippen molar-refractivity contribution in [1.29, 1.82) is 0 Å². The van der Waals surface area contributed by atoms with E-state index in [1.165, 1.54) is 107 Å². The van der Waals surface area contributed by atoms with Gasteiger partial charge in [-0.1, -0.05) is 108 Å². The minimum Gasteiger partial charge on any atom is -0.256 e. The Bertz CT molecular complexity index is 722. The third-order valence-electron chi connectivity index (χ3n) is 7.63. The van der Waals surface area contributed by atoms with E-state index in [4.69, 9.17) is 4.98 Å². The second-order valence-electron chi connectivity index (χ2n) is 10.3. The quantitative estimate of drug-likeness (QED) is 0.270. The lowest BCUT2D eigenvalue weighted by Gasteiger charge is -2.29. The van der Waals surface area contributed by atoms with Gasteiger partial charge in [0.15, 0.2) is 0 Å². The Balaban J connectivity index is 1.40. The van der Waals surface area contributed by atoms with Gasteiger partial charge in [0.2, 0.25) is 0 Å².